The van der Waals surface area contributed by atoms with Gasteiger partial charge >= 0.3 is 18.2 Å². The van der Waals surface area contributed by atoms with Crippen LogP contribution >= 0.6 is 11.8 Å². The summed E-state index contributed by atoms with van der Waals surface area (Å²) in [5.41, 5.74) is -2.86. The molecule has 0 spiro atoms. The minimum absolute atomic E-state index is 0.187. The van der Waals surface area contributed by atoms with Gasteiger partial charge in [0.2, 0.25) is 0 Å². The molecule has 0 saturated carbocycles. The Morgan fingerprint density at radius 1 is 1.48 bits per heavy atom. The lowest BCUT2D eigenvalue weighted by molar-refractivity contribution is -0.226. The van der Waals surface area contributed by atoms with Crippen molar-refractivity contribution in [3.05, 3.63) is 0 Å². The summed E-state index contributed by atoms with van der Waals surface area (Å²) in [6.45, 7) is 2.66. The summed E-state index contributed by atoms with van der Waals surface area (Å²) in [6.07, 6.45) is -5.49. The first-order valence-electron chi connectivity index (χ1n) is 6.57. The number of thioether (sulfide) groups is 1. The lowest BCUT2D eigenvalue weighted by Gasteiger charge is -2.27. The van der Waals surface area contributed by atoms with E-state index in [0.29, 0.717) is 5.75 Å². The molecule has 1 fully saturated rings. The Labute approximate surface area is 125 Å². The second-order valence-electron chi connectivity index (χ2n) is 5.07. The number of aliphatic carboxylic acids is 1. The van der Waals surface area contributed by atoms with Crippen molar-refractivity contribution in [2.75, 3.05) is 24.6 Å². The molecule has 9 heteroatoms. The van der Waals surface area contributed by atoms with E-state index in [1.807, 2.05) is 6.92 Å². The van der Waals surface area contributed by atoms with Gasteiger partial charge < -0.3 is 15.3 Å². The Kier molecular flexibility index (Phi) is 5.77. The zero-order valence-electron chi connectivity index (χ0n) is 11.9. The SMILES string of the molecule is CCSCC(C)NC(=O)N1CCC(C(=O)O)(C(F)(F)F)C1. The fourth-order valence-corrected chi connectivity index (χ4v) is 2.82. The van der Waals surface area contributed by atoms with Gasteiger partial charge in [0.25, 0.3) is 0 Å². The third kappa shape index (κ3) is 3.96. The van der Waals surface area contributed by atoms with Gasteiger partial charge in [-0.15, -0.1) is 0 Å². The zero-order chi connectivity index (χ0) is 16.3. The number of nitrogens with zero attached hydrogens (tertiary/aromatic N) is 1. The van der Waals surface area contributed by atoms with E-state index in [4.69, 9.17) is 5.11 Å². The topological polar surface area (TPSA) is 69.6 Å². The van der Waals surface area contributed by atoms with Gasteiger partial charge in [0.15, 0.2) is 5.41 Å². The molecule has 2 amide bonds. The first-order valence-corrected chi connectivity index (χ1v) is 7.73. The van der Waals surface area contributed by atoms with Gasteiger partial charge in [-0.1, -0.05) is 6.92 Å². The Morgan fingerprint density at radius 3 is 2.52 bits per heavy atom. The van der Waals surface area contributed by atoms with E-state index in [0.717, 1.165) is 10.7 Å². The van der Waals surface area contributed by atoms with Crippen LogP contribution in [-0.2, 0) is 4.79 Å². The van der Waals surface area contributed by atoms with Crippen LogP contribution in [0.5, 0.6) is 0 Å². The smallest absolute Gasteiger partial charge is 0.406 e. The monoisotopic (exact) mass is 328 g/mol. The molecule has 2 atom stereocenters. The molecular formula is C12H19F3N2O3S. The number of carbonyl (C=O) groups is 2. The van der Waals surface area contributed by atoms with Crippen LogP contribution in [0, 0.1) is 5.41 Å². The number of carboxylic acids is 1. The van der Waals surface area contributed by atoms with Crippen molar-refractivity contribution in [1.82, 2.24) is 10.2 Å². The second-order valence-corrected chi connectivity index (χ2v) is 6.39. The third-order valence-corrected chi connectivity index (χ3v) is 4.59. The number of nitrogens with one attached hydrogen (secondary N) is 1. The first-order chi connectivity index (χ1) is 9.64. The lowest BCUT2D eigenvalue weighted by atomic mass is 9.86. The minimum Gasteiger partial charge on any atom is -0.481 e. The summed E-state index contributed by atoms with van der Waals surface area (Å²) < 4.78 is 39.0. The maximum absolute atomic E-state index is 13.0. The van der Waals surface area contributed by atoms with E-state index in [-0.39, 0.29) is 12.6 Å². The van der Waals surface area contributed by atoms with E-state index < -0.39 is 36.6 Å². The number of urea groups is 1. The van der Waals surface area contributed by atoms with Crippen LogP contribution in [0.4, 0.5) is 18.0 Å². The summed E-state index contributed by atoms with van der Waals surface area (Å²) in [5, 5.41) is 11.5. The molecule has 122 valence electrons. The van der Waals surface area contributed by atoms with Crippen molar-refractivity contribution < 1.29 is 27.9 Å². The fraction of sp³-hybridized carbons (Fsp3) is 0.833. The van der Waals surface area contributed by atoms with Crippen molar-refractivity contribution in [1.29, 1.82) is 0 Å². The summed E-state index contributed by atoms with van der Waals surface area (Å²) in [7, 11) is 0. The number of rotatable bonds is 5. The Hall–Kier alpha value is -1.12. The number of carboxylic acid groups (broad SMARTS) is 1. The highest BCUT2D eigenvalue weighted by atomic mass is 32.2. The van der Waals surface area contributed by atoms with Crippen molar-refractivity contribution in [2.45, 2.75) is 32.5 Å². The van der Waals surface area contributed by atoms with Gasteiger partial charge in [-0.3, -0.25) is 4.79 Å². The van der Waals surface area contributed by atoms with Gasteiger partial charge in [0.1, 0.15) is 0 Å². The zero-order valence-corrected chi connectivity index (χ0v) is 12.7. The Morgan fingerprint density at radius 2 is 2.10 bits per heavy atom. The van der Waals surface area contributed by atoms with Crippen LogP contribution in [0.15, 0.2) is 0 Å². The number of halogens is 3. The van der Waals surface area contributed by atoms with E-state index in [9.17, 15) is 22.8 Å². The molecule has 5 nitrogen and oxygen atoms in total. The summed E-state index contributed by atoms with van der Waals surface area (Å²) in [4.78, 5) is 23.8. The molecule has 1 saturated heterocycles. The number of likely N-dealkylation sites (tertiary alicyclic amines) is 1. The number of hydrogen-bond acceptors (Lipinski definition) is 3. The van der Waals surface area contributed by atoms with Crippen LogP contribution in [0.1, 0.15) is 20.3 Å². The molecule has 1 aliphatic rings. The number of alkyl halides is 3. The highest BCUT2D eigenvalue weighted by molar-refractivity contribution is 7.99. The minimum atomic E-state index is -4.88. The van der Waals surface area contributed by atoms with Crippen molar-refractivity contribution >= 4 is 23.8 Å². The van der Waals surface area contributed by atoms with Crippen LogP contribution < -0.4 is 5.32 Å². The average molecular weight is 328 g/mol. The highest BCUT2D eigenvalue weighted by Gasteiger charge is 2.64. The maximum Gasteiger partial charge on any atom is 0.406 e. The Balaban J connectivity index is 2.68. The quantitative estimate of drug-likeness (QED) is 0.811. The highest BCUT2D eigenvalue weighted by Crippen LogP contribution is 2.45. The van der Waals surface area contributed by atoms with Crippen molar-refractivity contribution in [3.63, 3.8) is 0 Å². The van der Waals surface area contributed by atoms with Crippen LogP contribution in [0.3, 0.4) is 0 Å². The Bertz CT molecular complexity index is 406. The van der Waals surface area contributed by atoms with Crippen molar-refractivity contribution in [3.8, 4) is 0 Å². The number of hydrogen-bond donors (Lipinski definition) is 2. The third-order valence-electron chi connectivity index (χ3n) is 3.45. The lowest BCUT2D eigenvalue weighted by Crippen LogP contribution is -2.50. The molecule has 0 radical (unpaired) electrons. The molecule has 21 heavy (non-hydrogen) atoms. The van der Waals surface area contributed by atoms with Crippen LogP contribution in [0.2, 0.25) is 0 Å². The second kappa shape index (κ2) is 6.76. The van der Waals surface area contributed by atoms with Crippen LogP contribution in [0.25, 0.3) is 0 Å². The van der Waals surface area contributed by atoms with E-state index in [1.54, 1.807) is 18.7 Å². The predicted octanol–water partition coefficient (Wildman–Crippen LogP) is 2.18. The maximum atomic E-state index is 13.0. The average Bonchev–Trinajstić information content (AvgIpc) is 2.82. The molecule has 0 aromatic heterocycles. The number of carbonyl (C=O) groups excluding carboxylic acids is 1. The fourth-order valence-electron chi connectivity index (χ4n) is 2.15. The first kappa shape index (κ1) is 17.9. The molecule has 2 unspecified atom stereocenters. The van der Waals surface area contributed by atoms with Gasteiger partial charge in [-0.25, -0.2) is 4.79 Å². The van der Waals surface area contributed by atoms with E-state index in [2.05, 4.69) is 5.32 Å². The number of amides is 2. The largest absolute Gasteiger partial charge is 0.481 e. The van der Waals surface area contributed by atoms with Crippen molar-refractivity contribution in [2.24, 2.45) is 5.41 Å². The molecule has 1 rings (SSSR count). The summed E-state index contributed by atoms with van der Waals surface area (Å²) in [5.74, 6) is -0.403. The predicted molar refractivity (Wildman–Crippen MR) is 73.3 cm³/mol. The normalized spacial score (nSPS) is 24.0. The van der Waals surface area contributed by atoms with Gasteiger partial charge in [-0.2, -0.15) is 24.9 Å². The van der Waals surface area contributed by atoms with Gasteiger partial charge in [0.05, 0.1) is 0 Å². The molecule has 0 aromatic rings. The molecule has 0 aliphatic carbocycles. The molecule has 1 heterocycles. The molecule has 0 aromatic carbocycles. The molecular weight excluding hydrogens is 309 g/mol. The summed E-state index contributed by atoms with van der Waals surface area (Å²) >= 11 is 1.60. The van der Waals surface area contributed by atoms with E-state index in [1.165, 1.54) is 0 Å². The molecule has 2 N–H and O–H groups in total. The van der Waals surface area contributed by atoms with Gasteiger partial charge in [-0.05, 0) is 19.1 Å². The van der Waals surface area contributed by atoms with Crippen LogP contribution in [-0.4, -0.2) is 58.8 Å². The molecule has 1 aliphatic heterocycles. The van der Waals surface area contributed by atoms with E-state index >= 15 is 0 Å². The summed E-state index contributed by atoms with van der Waals surface area (Å²) in [6, 6.07) is -0.834. The molecule has 0 bridgehead atoms. The van der Waals surface area contributed by atoms with Gasteiger partial charge in [0, 0.05) is 24.9 Å². The standard InChI is InChI=1S/C12H19F3N2O3S/c1-3-21-6-8(2)16-10(20)17-5-4-11(7-17,9(18)19)12(13,14)15/h8H,3-7H2,1-2H3,(H,16,20)(H,18,19).